The summed E-state index contributed by atoms with van der Waals surface area (Å²) in [5, 5.41) is 19.4. The third kappa shape index (κ3) is 2.41. The number of nitrogens with zero attached hydrogens (tertiary/aromatic N) is 1. The Morgan fingerprint density at radius 3 is 2.71 bits per heavy atom. The van der Waals surface area contributed by atoms with Gasteiger partial charge in [0.25, 0.3) is 5.91 Å². The Morgan fingerprint density at radius 1 is 1.43 bits per heavy atom. The third-order valence-electron chi connectivity index (χ3n) is 4.15. The van der Waals surface area contributed by atoms with Crippen LogP contribution < -0.4 is 4.74 Å². The number of aromatic hydroxyl groups is 1. The van der Waals surface area contributed by atoms with Crippen LogP contribution in [-0.2, 0) is 4.79 Å². The second-order valence-electron chi connectivity index (χ2n) is 5.13. The van der Waals surface area contributed by atoms with Gasteiger partial charge in [-0.2, -0.15) is 0 Å². The highest BCUT2D eigenvalue weighted by atomic mass is 16.5. The summed E-state index contributed by atoms with van der Waals surface area (Å²) >= 11 is 0. The molecule has 2 rings (SSSR count). The Bertz CT molecular complexity index is 571. The first kappa shape index (κ1) is 15.2. The van der Waals surface area contributed by atoms with Gasteiger partial charge >= 0.3 is 5.97 Å². The number of benzene rings is 1. The van der Waals surface area contributed by atoms with Crippen molar-refractivity contribution >= 4 is 11.9 Å². The fraction of sp³-hybridized carbons (Fsp3) is 0.467. The summed E-state index contributed by atoms with van der Waals surface area (Å²) in [5.41, 5.74) is -1.12. The predicted molar refractivity (Wildman–Crippen MR) is 75.6 cm³/mol. The van der Waals surface area contributed by atoms with Crippen LogP contribution in [0.3, 0.4) is 0 Å². The fourth-order valence-electron chi connectivity index (χ4n) is 2.87. The van der Waals surface area contributed by atoms with Gasteiger partial charge < -0.3 is 19.8 Å². The van der Waals surface area contributed by atoms with Crippen molar-refractivity contribution < 1.29 is 24.5 Å². The summed E-state index contributed by atoms with van der Waals surface area (Å²) in [6, 6.07) is 4.34. The maximum atomic E-state index is 12.7. The van der Waals surface area contributed by atoms with Crippen LogP contribution in [0.4, 0.5) is 0 Å². The number of hydrogen-bond donors (Lipinski definition) is 2. The number of ether oxygens (including phenoxy) is 1. The molecule has 1 aromatic rings. The van der Waals surface area contributed by atoms with E-state index in [0.29, 0.717) is 31.6 Å². The number of methoxy groups -OCH3 is 1. The predicted octanol–water partition coefficient (Wildman–Crippen LogP) is 1.87. The van der Waals surface area contributed by atoms with Crippen LogP contribution in [0, 0.1) is 0 Å². The van der Waals surface area contributed by atoms with Crippen molar-refractivity contribution in [2.45, 2.75) is 31.7 Å². The fourth-order valence-corrected chi connectivity index (χ4v) is 2.87. The number of hydrogen-bond acceptors (Lipinski definition) is 4. The summed E-state index contributed by atoms with van der Waals surface area (Å²) in [4.78, 5) is 25.6. The molecule has 114 valence electrons. The number of carboxylic acid groups (broad SMARTS) is 1. The standard InChI is InChI=1S/C15H19NO5/c1-3-15(14(19)20)7-4-8-16(15)13(18)11-9-10(21-2)5-6-12(11)17/h5-6,9,17H,3-4,7-8H2,1-2H3,(H,19,20). The molecule has 0 radical (unpaired) electrons. The first-order chi connectivity index (χ1) is 9.96. The molecule has 1 saturated heterocycles. The number of likely N-dealkylation sites (tertiary alicyclic amines) is 1. The second-order valence-corrected chi connectivity index (χ2v) is 5.13. The van der Waals surface area contributed by atoms with Crippen LogP contribution in [0.25, 0.3) is 0 Å². The summed E-state index contributed by atoms with van der Waals surface area (Å²) in [6.45, 7) is 2.13. The lowest BCUT2D eigenvalue weighted by Crippen LogP contribution is -2.52. The Labute approximate surface area is 122 Å². The van der Waals surface area contributed by atoms with Gasteiger partial charge in [-0.25, -0.2) is 4.79 Å². The molecular formula is C15H19NO5. The molecule has 6 heteroatoms. The molecule has 1 unspecified atom stereocenters. The molecule has 0 saturated carbocycles. The number of carboxylic acids is 1. The summed E-state index contributed by atoms with van der Waals surface area (Å²) in [7, 11) is 1.46. The Kier molecular flexibility index (Phi) is 4.06. The van der Waals surface area contributed by atoms with E-state index in [-0.39, 0.29) is 11.3 Å². The van der Waals surface area contributed by atoms with E-state index in [1.165, 1.54) is 24.1 Å². The number of carbonyl (C=O) groups is 2. The lowest BCUT2D eigenvalue weighted by molar-refractivity contribution is -0.148. The zero-order chi connectivity index (χ0) is 15.6. The van der Waals surface area contributed by atoms with Crippen LogP contribution in [0.1, 0.15) is 36.5 Å². The first-order valence-electron chi connectivity index (χ1n) is 6.88. The van der Waals surface area contributed by atoms with Crippen molar-refractivity contribution in [2.24, 2.45) is 0 Å². The molecule has 21 heavy (non-hydrogen) atoms. The van der Waals surface area contributed by atoms with Crippen molar-refractivity contribution in [1.29, 1.82) is 0 Å². The number of aliphatic carboxylic acids is 1. The maximum absolute atomic E-state index is 12.7. The van der Waals surface area contributed by atoms with E-state index in [9.17, 15) is 19.8 Å². The molecule has 0 aliphatic carbocycles. The van der Waals surface area contributed by atoms with Crippen molar-refractivity contribution in [3.8, 4) is 11.5 Å². The van der Waals surface area contributed by atoms with E-state index in [1.54, 1.807) is 13.0 Å². The largest absolute Gasteiger partial charge is 0.507 e. The lowest BCUT2D eigenvalue weighted by atomic mass is 9.92. The third-order valence-corrected chi connectivity index (χ3v) is 4.15. The minimum Gasteiger partial charge on any atom is -0.507 e. The van der Waals surface area contributed by atoms with Crippen molar-refractivity contribution in [3.63, 3.8) is 0 Å². The Balaban J connectivity index is 2.41. The molecule has 1 heterocycles. The number of rotatable bonds is 4. The molecule has 1 atom stereocenters. The average Bonchev–Trinajstić information content (AvgIpc) is 2.92. The number of phenols is 1. The SMILES string of the molecule is CCC1(C(=O)O)CCCN1C(=O)c1cc(OC)ccc1O. The molecule has 1 amide bonds. The number of phenolic OH excluding ortho intramolecular Hbond substituents is 1. The molecule has 1 fully saturated rings. The van der Waals surface area contributed by atoms with Crippen LogP contribution in [0.15, 0.2) is 18.2 Å². The van der Waals surface area contributed by atoms with Gasteiger partial charge in [0.1, 0.15) is 17.0 Å². The monoisotopic (exact) mass is 293 g/mol. The molecule has 2 N–H and O–H groups in total. The van der Waals surface area contributed by atoms with Gasteiger partial charge in [-0.1, -0.05) is 6.92 Å². The quantitative estimate of drug-likeness (QED) is 0.885. The van der Waals surface area contributed by atoms with Crippen molar-refractivity contribution in [2.75, 3.05) is 13.7 Å². The Morgan fingerprint density at radius 2 is 2.14 bits per heavy atom. The van der Waals surface area contributed by atoms with Crippen LogP contribution in [-0.4, -0.2) is 46.2 Å². The molecule has 0 bridgehead atoms. The van der Waals surface area contributed by atoms with Crippen molar-refractivity contribution in [3.05, 3.63) is 23.8 Å². The molecule has 1 aliphatic rings. The van der Waals surface area contributed by atoms with Crippen molar-refractivity contribution in [1.82, 2.24) is 4.90 Å². The second kappa shape index (κ2) is 5.63. The van der Waals surface area contributed by atoms with Crippen LogP contribution >= 0.6 is 0 Å². The molecule has 1 aromatic carbocycles. The van der Waals surface area contributed by atoms with Gasteiger partial charge in [-0.05, 0) is 37.5 Å². The summed E-state index contributed by atoms with van der Waals surface area (Å²) < 4.78 is 5.05. The topological polar surface area (TPSA) is 87.1 Å². The summed E-state index contributed by atoms with van der Waals surface area (Å²) in [6.07, 6.45) is 1.39. The smallest absolute Gasteiger partial charge is 0.329 e. The zero-order valence-corrected chi connectivity index (χ0v) is 12.1. The molecule has 0 spiro atoms. The van der Waals surface area contributed by atoms with E-state index in [0.717, 1.165) is 0 Å². The summed E-state index contributed by atoms with van der Waals surface area (Å²) in [5.74, 6) is -1.22. The highest BCUT2D eigenvalue weighted by molar-refractivity contribution is 6.00. The Hall–Kier alpha value is -2.24. The number of carbonyl (C=O) groups excluding carboxylic acids is 1. The highest BCUT2D eigenvalue weighted by Crippen LogP contribution is 2.36. The minimum absolute atomic E-state index is 0.0651. The molecule has 1 aliphatic heterocycles. The van der Waals surface area contributed by atoms with E-state index in [1.807, 2.05) is 0 Å². The van der Waals surface area contributed by atoms with E-state index >= 15 is 0 Å². The first-order valence-corrected chi connectivity index (χ1v) is 6.88. The van der Waals surface area contributed by atoms with Gasteiger partial charge in [-0.15, -0.1) is 0 Å². The van der Waals surface area contributed by atoms with Gasteiger partial charge in [0.05, 0.1) is 12.7 Å². The normalized spacial score (nSPS) is 21.3. The minimum atomic E-state index is -1.19. The maximum Gasteiger partial charge on any atom is 0.329 e. The van der Waals surface area contributed by atoms with Crippen LogP contribution in [0.5, 0.6) is 11.5 Å². The lowest BCUT2D eigenvalue weighted by Gasteiger charge is -2.34. The van der Waals surface area contributed by atoms with Gasteiger partial charge in [0, 0.05) is 6.54 Å². The molecule has 6 nitrogen and oxygen atoms in total. The van der Waals surface area contributed by atoms with E-state index < -0.39 is 17.4 Å². The average molecular weight is 293 g/mol. The van der Waals surface area contributed by atoms with E-state index in [4.69, 9.17) is 4.74 Å². The van der Waals surface area contributed by atoms with E-state index in [2.05, 4.69) is 0 Å². The molecule has 0 aromatic heterocycles. The van der Waals surface area contributed by atoms with Gasteiger partial charge in [0.15, 0.2) is 0 Å². The van der Waals surface area contributed by atoms with Gasteiger partial charge in [0.2, 0.25) is 0 Å². The number of amides is 1. The molecular weight excluding hydrogens is 274 g/mol. The van der Waals surface area contributed by atoms with Gasteiger partial charge in [-0.3, -0.25) is 4.79 Å². The van der Waals surface area contributed by atoms with Crippen LogP contribution in [0.2, 0.25) is 0 Å². The zero-order valence-electron chi connectivity index (χ0n) is 12.1. The highest BCUT2D eigenvalue weighted by Gasteiger charge is 2.49.